The van der Waals surface area contributed by atoms with Gasteiger partial charge in [0, 0.05) is 23.7 Å². The number of hydrogen-bond donors (Lipinski definition) is 1. The highest BCUT2D eigenvalue weighted by Crippen LogP contribution is 1.92. The van der Waals surface area contributed by atoms with E-state index in [0.29, 0.717) is 0 Å². The van der Waals surface area contributed by atoms with Crippen molar-refractivity contribution in [3.63, 3.8) is 0 Å². The summed E-state index contributed by atoms with van der Waals surface area (Å²) in [6, 6.07) is 1.60. The summed E-state index contributed by atoms with van der Waals surface area (Å²) in [7, 11) is 0. The van der Waals surface area contributed by atoms with Crippen molar-refractivity contribution in [2.75, 3.05) is 4.72 Å². The third-order valence-corrected chi connectivity index (χ3v) is 1.09. The molecular formula is C4H4N3O2S-. The molecule has 5 nitrogen and oxygen atoms in total. The van der Waals surface area contributed by atoms with Crippen molar-refractivity contribution in [3.05, 3.63) is 18.5 Å². The minimum absolute atomic E-state index is 0.0795. The van der Waals surface area contributed by atoms with E-state index >= 15 is 0 Å². The molecule has 0 aromatic carbocycles. The average molecular weight is 158 g/mol. The van der Waals surface area contributed by atoms with Gasteiger partial charge in [0.25, 0.3) is 0 Å². The number of nitrogens with zero attached hydrogens (tertiary/aromatic N) is 2. The van der Waals surface area contributed by atoms with Crippen molar-refractivity contribution in [2.24, 2.45) is 0 Å². The van der Waals surface area contributed by atoms with E-state index in [9.17, 15) is 8.76 Å². The van der Waals surface area contributed by atoms with Crippen LogP contribution in [0, 0.1) is 0 Å². The maximum atomic E-state index is 9.98. The standard InChI is InChI=1S/C4H5N3O2S/c8-10(9)7-4-5-2-1-3-6-4/h1-3H,(H,8,9)(H,5,6,7)/p-1. The molecule has 1 heterocycles. The van der Waals surface area contributed by atoms with Gasteiger partial charge in [-0.15, -0.1) is 0 Å². The molecule has 1 N–H and O–H groups in total. The van der Waals surface area contributed by atoms with Gasteiger partial charge in [0.1, 0.15) is 0 Å². The predicted octanol–water partition coefficient (Wildman–Crippen LogP) is -0.317. The molecule has 0 fully saturated rings. The van der Waals surface area contributed by atoms with Crippen LogP contribution in [0.15, 0.2) is 18.5 Å². The van der Waals surface area contributed by atoms with Crippen molar-refractivity contribution in [3.8, 4) is 0 Å². The molecule has 10 heavy (non-hydrogen) atoms. The molecular weight excluding hydrogens is 154 g/mol. The van der Waals surface area contributed by atoms with Gasteiger partial charge in [-0.2, -0.15) is 0 Å². The normalized spacial score (nSPS) is 12.5. The van der Waals surface area contributed by atoms with Crippen LogP contribution in [0.2, 0.25) is 0 Å². The topological polar surface area (TPSA) is 77.9 Å². The first-order valence-corrected chi connectivity index (χ1v) is 3.49. The first-order chi connectivity index (χ1) is 4.79. The van der Waals surface area contributed by atoms with Crippen LogP contribution in [-0.2, 0) is 11.3 Å². The van der Waals surface area contributed by atoms with E-state index in [-0.39, 0.29) is 5.95 Å². The van der Waals surface area contributed by atoms with Crippen LogP contribution in [0.4, 0.5) is 5.95 Å². The second-order valence-corrected chi connectivity index (χ2v) is 2.08. The lowest BCUT2D eigenvalue weighted by atomic mass is 10.7. The minimum atomic E-state index is -2.34. The van der Waals surface area contributed by atoms with E-state index < -0.39 is 11.3 Å². The van der Waals surface area contributed by atoms with Gasteiger partial charge in [-0.05, 0) is 6.07 Å². The molecule has 1 atom stereocenters. The Morgan fingerprint density at radius 2 is 2.10 bits per heavy atom. The van der Waals surface area contributed by atoms with Crippen molar-refractivity contribution >= 4 is 17.2 Å². The van der Waals surface area contributed by atoms with Crippen molar-refractivity contribution in [2.45, 2.75) is 0 Å². The maximum Gasteiger partial charge on any atom is 0.233 e. The molecule has 1 aromatic rings. The zero-order valence-corrected chi connectivity index (χ0v) is 5.67. The van der Waals surface area contributed by atoms with Gasteiger partial charge >= 0.3 is 0 Å². The first kappa shape index (κ1) is 7.10. The first-order valence-electron chi connectivity index (χ1n) is 2.42. The third kappa shape index (κ3) is 2.08. The van der Waals surface area contributed by atoms with E-state index in [1.165, 1.54) is 12.4 Å². The molecule has 0 saturated carbocycles. The van der Waals surface area contributed by atoms with Gasteiger partial charge in [-0.25, -0.2) is 9.97 Å². The molecule has 0 amide bonds. The largest absolute Gasteiger partial charge is 0.755 e. The summed E-state index contributed by atoms with van der Waals surface area (Å²) < 4.78 is 22.0. The van der Waals surface area contributed by atoms with Crippen molar-refractivity contribution in [1.82, 2.24) is 9.97 Å². The molecule has 0 bridgehead atoms. The quantitative estimate of drug-likeness (QED) is 0.598. The van der Waals surface area contributed by atoms with Crippen molar-refractivity contribution < 1.29 is 8.76 Å². The zero-order valence-electron chi connectivity index (χ0n) is 4.85. The Morgan fingerprint density at radius 1 is 1.50 bits per heavy atom. The molecule has 0 spiro atoms. The summed E-state index contributed by atoms with van der Waals surface area (Å²) in [5.74, 6) is 0.0795. The lowest BCUT2D eigenvalue weighted by Gasteiger charge is -2.04. The van der Waals surface area contributed by atoms with Gasteiger partial charge in [0.2, 0.25) is 5.95 Å². The highest BCUT2D eigenvalue weighted by Gasteiger charge is 1.88. The summed E-state index contributed by atoms with van der Waals surface area (Å²) in [5, 5.41) is 0. The van der Waals surface area contributed by atoms with E-state index in [2.05, 4.69) is 9.97 Å². The average Bonchev–Trinajstić information content (AvgIpc) is 1.88. The summed E-state index contributed by atoms with van der Waals surface area (Å²) in [6.45, 7) is 0. The second-order valence-electron chi connectivity index (χ2n) is 1.41. The Kier molecular flexibility index (Phi) is 2.30. The number of hydrogen-bond acceptors (Lipinski definition) is 4. The highest BCUT2D eigenvalue weighted by molar-refractivity contribution is 7.80. The van der Waals surface area contributed by atoms with Crippen LogP contribution in [0.1, 0.15) is 0 Å². The van der Waals surface area contributed by atoms with Crippen LogP contribution < -0.4 is 4.72 Å². The molecule has 0 saturated heterocycles. The monoisotopic (exact) mass is 158 g/mol. The minimum Gasteiger partial charge on any atom is -0.755 e. The van der Waals surface area contributed by atoms with E-state index in [0.717, 1.165) is 0 Å². The molecule has 1 rings (SSSR count). The lowest BCUT2D eigenvalue weighted by Crippen LogP contribution is -2.05. The Morgan fingerprint density at radius 3 is 2.60 bits per heavy atom. The summed E-state index contributed by atoms with van der Waals surface area (Å²) in [5.41, 5.74) is 0. The van der Waals surface area contributed by atoms with E-state index in [1.807, 2.05) is 4.72 Å². The van der Waals surface area contributed by atoms with Gasteiger partial charge in [-0.3, -0.25) is 8.93 Å². The van der Waals surface area contributed by atoms with Crippen LogP contribution in [0.5, 0.6) is 0 Å². The SMILES string of the molecule is O=S([O-])Nc1ncccn1. The summed E-state index contributed by atoms with van der Waals surface area (Å²) in [6.07, 6.45) is 2.89. The zero-order chi connectivity index (χ0) is 7.40. The van der Waals surface area contributed by atoms with Gasteiger partial charge in [0.05, 0.1) is 0 Å². The van der Waals surface area contributed by atoms with E-state index in [4.69, 9.17) is 0 Å². The van der Waals surface area contributed by atoms with Crippen LogP contribution in [0.25, 0.3) is 0 Å². The van der Waals surface area contributed by atoms with Crippen LogP contribution >= 0.6 is 0 Å². The Labute approximate surface area is 59.9 Å². The van der Waals surface area contributed by atoms with E-state index in [1.54, 1.807) is 6.07 Å². The number of nitrogens with one attached hydrogen (secondary N) is 1. The lowest BCUT2D eigenvalue weighted by molar-refractivity contribution is 0.542. The Bertz CT molecular complexity index is 227. The van der Waals surface area contributed by atoms with Gasteiger partial charge < -0.3 is 4.55 Å². The number of anilines is 1. The van der Waals surface area contributed by atoms with Gasteiger partial charge in [-0.1, -0.05) is 0 Å². The second kappa shape index (κ2) is 3.23. The third-order valence-electron chi connectivity index (χ3n) is 0.740. The van der Waals surface area contributed by atoms with Crippen LogP contribution in [0.3, 0.4) is 0 Å². The predicted molar refractivity (Wildman–Crippen MR) is 34.6 cm³/mol. The maximum absolute atomic E-state index is 9.98. The molecule has 6 heteroatoms. The molecule has 1 aromatic heterocycles. The number of rotatable bonds is 2. The molecule has 54 valence electrons. The highest BCUT2D eigenvalue weighted by atomic mass is 32.2. The van der Waals surface area contributed by atoms with Crippen molar-refractivity contribution in [1.29, 1.82) is 0 Å². The fourth-order valence-corrected chi connectivity index (χ4v) is 0.681. The number of aromatic nitrogens is 2. The van der Waals surface area contributed by atoms with Gasteiger partial charge in [0.15, 0.2) is 0 Å². The fourth-order valence-electron chi connectivity index (χ4n) is 0.426. The molecule has 0 aliphatic rings. The Balaban J connectivity index is 2.67. The molecule has 0 aliphatic heterocycles. The fraction of sp³-hybridized carbons (Fsp3) is 0. The smallest absolute Gasteiger partial charge is 0.233 e. The Hall–Kier alpha value is -1.01. The molecule has 0 radical (unpaired) electrons. The molecule has 1 unspecified atom stereocenters. The summed E-state index contributed by atoms with van der Waals surface area (Å²) >= 11 is -2.34. The molecule has 0 aliphatic carbocycles. The van der Waals surface area contributed by atoms with Crippen LogP contribution in [-0.4, -0.2) is 18.7 Å². The summed E-state index contributed by atoms with van der Waals surface area (Å²) in [4.78, 5) is 7.21.